The van der Waals surface area contributed by atoms with Crippen LogP contribution in [0.4, 0.5) is 11.6 Å². The Morgan fingerprint density at radius 2 is 1.68 bits per heavy atom. The van der Waals surface area contributed by atoms with Gasteiger partial charge in [-0.15, -0.1) is 11.3 Å². The fourth-order valence-corrected chi connectivity index (χ4v) is 2.05. The number of hydrogen-bond acceptors (Lipinski definition) is 9. The number of fused-ring (bicyclic) bond motifs is 1. The number of thiazole rings is 1. The molecule has 5 rings (SSSR count). The van der Waals surface area contributed by atoms with Crippen LogP contribution in [0.15, 0.2) is 95.2 Å². The number of anilines is 2. The van der Waals surface area contributed by atoms with Crippen LogP contribution in [-0.4, -0.2) is 24.9 Å². The molecule has 5 aromatic rings. The van der Waals surface area contributed by atoms with Crippen LogP contribution in [0.5, 0.6) is 0 Å². The summed E-state index contributed by atoms with van der Waals surface area (Å²) in [4.78, 5) is 19.1. The van der Waals surface area contributed by atoms with Gasteiger partial charge in [0.1, 0.15) is 17.9 Å². The maximum atomic E-state index is 5.47. The molecule has 28 heavy (non-hydrogen) atoms. The van der Waals surface area contributed by atoms with E-state index in [1.165, 1.54) is 12.7 Å². The Hall–Kier alpha value is -3.85. The van der Waals surface area contributed by atoms with Gasteiger partial charge in [-0.1, -0.05) is 6.07 Å². The van der Waals surface area contributed by atoms with Crippen LogP contribution < -0.4 is 11.5 Å². The van der Waals surface area contributed by atoms with Crippen molar-refractivity contribution >= 4 is 34.0 Å². The third-order valence-corrected chi connectivity index (χ3v) is 3.39. The van der Waals surface area contributed by atoms with Crippen molar-refractivity contribution in [3.05, 3.63) is 90.8 Å². The zero-order valence-electron chi connectivity index (χ0n) is 14.9. The molecule has 0 bridgehead atoms. The second kappa shape index (κ2) is 12.5. The largest absolute Gasteiger partial charge is 0.452 e. The fraction of sp³-hybridized carbons (Fsp3) is 0. The van der Waals surface area contributed by atoms with Crippen molar-refractivity contribution in [1.29, 1.82) is 0 Å². The molecule has 5 heterocycles. The number of aromatic nitrogens is 5. The standard InChI is InChI=1S/C8H7N3.C5H6N2.C3H3NO.C3H3NS/c9-7-4-3-6-2-1-5-10-8(6)11-7;6-5-3-1-2-4-7-5;2*1-2-5-3-4-1/h1-5H,(H2,9,10,11);1-4H,(H2,6,7);2*1-3H. The van der Waals surface area contributed by atoms with Gasteiger partial charge in [-0.05, 0) is 36.4 Å². The number of nitrogens with two attached hydrogens (primary N) is 2. The van der Waals surface area contributed by atoms with E-state index >= 15 is 0 Å². The summed E-state index contributed by atoms with van der Waals surface area (Å²) in [5.74, 6) is 1.08. The van der Waals surface area contributed by atoms with E-state index in [1.54, 1.807) is 53.8 Å². The normalized spacial score (nSPS) is 9.00. The minimum absolute atomic E-state index is 0.510. The summed E-state index contributed by atoms with van der Waals surface area (Å²) in [5.41, 5.74) is 13.2. The van der Waals surface area contributed by atoms with Crippen LogP contribution in [0.1, 0.15) is 0 Å². The highest BCUT2D eigenvalue weighted by molar-refractivity contribution is 7.07. The molecule has 9 heteroatoms. The molecule has 0 saturated carbocycles. The first-order valence-corrected chi connectivity index (χ1v) is 8.98. The molecule has 0 aliphatic heterocycles. The van der Waals surface area contributed by atoms with Crippen LogP contribution in [0, 0.1) is 0 Å². The summed E-state index contributed by atoms with van der Waals surface area (Å²) in [7, 11) is 0. The third-order valence-electron chi connectivity index (χ3n) is 2.87. The van der Waals surface area contributed by atoms with Gasteiger partial charge in [0.05, 0.1) is 11.7 Å². The molecule has 0 spiro atoms. The van der Waals surface area contributed by atoms with E-state index in [-0.39, 0.29) is 0 Å². The number of hydrogen-bond donors (Lipinski definition) is 2. The summed E-state index contributed by atoms with van der Waals surface area (Å²) in [6.07, 6.45) is 9.61. The van der Waals surface area contributed by atoms with E-state index in [0.717, 1.165) is 5.39 Å². The summed E-state index contributed by atoms with van der Waals surface area (Å²) < 4.78 is 4.47. The van der Waals surface area contributed by atoms with Gasteiger partial charge in [-0.3, -0.25) is 4.98 Å². The second-order valence-electron chi connectivity index (χ2n) is 4.89. The molecule has 142 valence electrons. The molecule has 0 aliphatic carbocycles. The molecule has 0 saturated heterocycles. The van der Waals surface area contributed by atoms with Crippen molar-refractivity contribution in [1.82, 2.24) is 24.9 Å². The maximum Gasteiger partial charge on any atom is 0.180 e. The van der Waals surface area contributed by atoms with Gasteiger partial charge in [-0.25, -0.2) is 19.9 Å². The molecule has 0 aliphatic rings. The number of oxazole rings is 1. The van der Waals surface area contributed by atoms with Gasteiger partial charge in [0.25, 0.3) is 0 Å². The first-order chi connectivity index (χ1) is 13.8. The Morgan fingerprint density at radius 3 is 2.18 bits per heavy atom. The molecular weight excluding hydrogens is 374 g/mol. The molecule has 8 nitrogen and oxygen atoms in total. The van der Waals surface area contributed by atoms with Crippen LogP contribution in [0.2, 0.25) is 0 Å². The zero-order valence-corrected chi connectivity index (χ0v) is 15.7. The highest BCUT2D eigenvalue weighted by atomic mass is 32.1. The average molecular weight is 393 g/mol. The van der Waals surface area contributed by atoms with Crippen molar-refractivity contribution < 1.29 is 4.42 Å². The van der Waals surface area contributed by atoms with Gasteiger partial charge in [0, 0.05) is 29.4 Å². The zero-order chi connectivity index (χ0) is 19.9. The van der Waals surface area contributed by atoms with Crippen molar-refractivity contribution in [3.63, 3.8) is 0 Å². The fourth-order valence-electron chi connectivity index (χ4n) is 1.69. The molecule has 0 aromatic carbocycles. The molecule has 4 N–H and O–H groups in total. The smallest absolute Gasteiger partial charge is 0.180 e. The summed E-state index contributed by atoms with van der Waals surface area (Å²) in [6, 6.07) is 12.9. The van der Waals surface area contributed by atoms with E-state index in [2.05, 4.69) is 29.3 Å². The highest BCUT2D eigenvalue weighted by Gasteiger charge is 1.92. The molecule has 0 amide bonds. The van der Waals surface area contributed by atoms with Crippen molar-refractivity contribution in [2.45, 2.75) is 0 Å². The SMILES string of the molecule is Nc1ccc2cccnc2n1.Nc1ccccn1.c1cocn1.c1cscn1. The Balaban J connectivity index is 0.000000142. The molecule has 0 radical (unpaired) electrons. The molecular formula is C19H19N7OS. The van der Waals surface area contributed by atoms with Gasteiger partial charge in [-0.2, -0.15) is 0 Å². The summed E-state index contributed by atoms with van der Waals surface area (Å²) in [5, 5.41) is 2.95. The van der Waals surface area contributed by atoms with E-state index in [4.69, 9.17) is 11.5 Å². The molecule has 5 aromatic heterocycles. The van der Waals surface area contributed by atoms with Crippen LogP contribution >= 0.6 is 11.3 Å². The highest BCUT2D eigenvalue weighted by Crippen LogP contribution is 2.09. The van der Waals surface area contributed by atoms with Crippen LogP contribution in [0.25, 0.3) is 11.0 Å². The van der Waals surface area contributed by atoms with Gasteiger partial charge >= 0.3 is 0 Å². The van der Waals surface area contributed by atoms with Gasteiger partial charge in [0.2, 0.25) is 0 Å². The number of nitrogens with zero attached hydrogens (tertiary/aromatic N) is 5. The Kier molecular flexibility index (Phi) is 9.13. The first-order valence-electron chi connectivity index (χ1n) is 8.04. The van der Waals surface area contributed by atoms with Crippen molar-refractivity contribution in [3.8, 4) is 0 Å². The van der Waals surface area contributed by atoms with Crippen LogP contribution in [0.3, 0.4) is 0 Å². The predicted octanol–water partition coefficient (Wildman–Crippen LogP) is 3.69. The number of pyridine rings is 3. The predicted molar refractivity (Wildman–Crippen MR) is 111 cm³/mol. The Labute approximate surface area is 166 Å². The molecule has 0 atom stereocenters. The van der Waals surface area contributed by atoms with Crippen molar-refractivity contribution in [2.24, 2.45) is 0 Å². The van der Waals surface area contributed by atoms with E-state index in [1.807, 2.05) is 35.7 Å². The second-order valence-corrected chi connectivity index (χ2v) is 5.65. The average Bonchev–Trinajstić information content (AvgIpc) is 3.47. The van der Waals surface area contributed by atoms with Gasteiger partial charge < -0.3 is 15.9 Å². The van der Waals surface area contributed by atoms with E-state index < -0.39 is 0 Å². The lowest BCUT2D eigenvalue weighted by Gasteiger charge is -1.94. The van der Waals surface area contributed by atoms with E-state index in [0.29, 0.717) is 17.3 Å². The van der Waals surface area contributed by atoms with Gasteiger partial charge in [0.15, 0.2) is 12.0 Å². The summed E-state index contributed by atoms with van der Waals surface area (Å²) in [6.45, 7) is 0. The van der Waals surface area contributed by atoms with Crippen LogP contribution in [-0.2, 0) is 0 Å². The number of rotatable bonds is 0. The Morgan fingerprint density at radius 1 is 0.786 bits per heavy atom. The lowest BCUT2D eigenvalue weighted by atomic mass is 10.3. The molecule has 0 unspecified atom stereocenters. The monoisotopic (exact) mass is 393 g/mol. The third kappa shape index (κ3) is 8.50. The Bertz CT molecular complexity index is 933. The minimum atomic E-state index is 0.510. The quantitative estimate of drug-likeness (QED) is 0.407. The van der Waals surface area contributed by atoms with Crippen molar-refractivity contribution in [2.75, 3.05) is 11.5 Å². The first kappa shape index (κ1) is 20.5. The summed E-state index contributed by atoms with van der Waals surface area (Å²) >= 11 is 1.60. The minimum Gasteiger partial charge on any atom is -0.452 e. The molecule has 0 fully saturated rings. The topological polar surface area (TPSA) is 130 Å². The lowest BCUT2D eigenvalue weighted by Crippen LogP contribution is -1.90. The van der Waals surface area contributed by atoms with E-state index in [9.17, 15) is 0 Å². The maximum absolute atomic E-state index is 5.47. The lowest BCUT2D eigenvalue weighted by molar-refractivity contribution is 0.558. The number of nitrogen functional groups attached to an aromatic ring is 2.